The van der Waals surface area contributed by atoms with Crippen LogP contribution in [0.25, 0.3) is 0 Å². The molecule has 0 unspecified atom stereocenters. The molecule has 1 fully saturated rings. The third-order valence-corrected chi connectivity index (χ3v) is 2.75. The Morgan fingerprint density at radius 3 is 2.75 bits per heavy atom. The molecule has 1 aliphatic heterocycles. The largest absolute Gasteiger partial charge is 0.336 e. The van der Waals surface area contributed by atoms with E-state index in [2.05, 4.69) is 5.32 Å². The first-order valence-corrected chi connectivity index (χ1v) is 5.45. The normalized spacial score (nSPS) is 20.9. The van der Waals surface area contributed by atoms with E-state index < -0.39 is 0 Å². The molecule has 2 rings (SSSR count). The number of amides is 1. The summed E-state index contributed by atoms with van der Waals surface area (Å²) in [7, 11) is 0. The zero-order chi connectivity index (χ0) is 11.5. The summed E-state index contributed by atoms with van der Waals surface area (Å²) in [5.74, 6) is -0.335. The molecule has 1 heterocycles. The van der Waals surface area contributed by atoms with Crippen molar-refractivity contribution in [2.75, 3.05) is 19.6 Å². The maximum Gasteiger partial charge on any atom is 0.253 e. The van der Waals surface area contributed by atoms with Crippen LogP contribution < -0.4 is 5.32 Å². The molecule has 4 heteroatoms. The van der Waals surface area contributed by atoms with Crippen LogP contribution in [0.5, 0.6) is 0 Å². The third kappa shape index (κ3) is 2.39. The lowest BCUT2D eigenvalue weighted by Crippen LogP contribution is -2.51. The molecule has 0 saturated carbocycles. The van der Waals surface area contributed by atoms with Crippen molar-refractivity contribution in [2.24, 2.45) is 0 Å². The Bertz CT molecular complexity index is 377. The highest BCUT2D eigenvalue weighted by Gasteiger charge is 2.21. The summed E-state index contributed by atoms with van der Waals surface area (Å²) in [6.07, 6.45) is 0. The highest BCUT2D eigenvalue weighted by Crippen LogP contribution is 2.09. The second-order valence-corrected chi connectivity index (χ2v) is 4.11. The SMILES string of the molecule is C[C@@H]1CN(C(=O)c2ccc(F)cc2)CCN1. The first kappa shape index (κ1) is 11.1. The average Bonchev–Trinajstić information content (AvgIpc) is 2.29. The Morgan fingerprint density at radius 1 is 1.44 bits per heavy atom. The fraction of sp³-hybridized carbons (Fsp3) is 0.417. The number of halogens is 1. The molecule has 0 bridgehead atoms. The molecule has 0 radical (unpaired) electrons. The predicted octanol–water partition coefficient (Wildman–Crippen LogP) is 1.26. The summed E-state index contributed by atoms with van der Waals surface area (Å²) < 4.78 is 12.7. The van der Waals surface area contributed by atoms with Crippen LogP contribution in [0.15, 0.2) is 24.3 Å². The molecule has 1 aromatic rings. The van der Waals surface area contributed by atoms with Gasteiger partial charge >= 0.3 is 0 Å². The summed E-state index contributed by atoms with van der Waals surface area (Å²) >= 11 is 0. The lowest BCUT2D eigenvalue weighted by molar-refractivity contribution is 0.0709. The van der Waals surface area contributed by atoms with Gasteiger partial charge in [0.2, 0.25) is 0 Å². The van der Waals surface area contributed by atoms with Crippen LogP contribution in [0.1, 0.15) is 17.3 Å². The molecule has 0 aliphatic carbocycles. The Balaban J connectivity index is 2.09. The molecule has 1 aromatic carbocycles. The number of benzene rings is 1. The van der Waals surface area contributed by atoms with Crippen LogP contribution in [-0.2, 0) is 0 Å². The van der Waals surface area contributed by atoms with Gasteiger partial charge in [0.25, 0.3) is 5.91 Å². The molecule has 0 spiro atoms. The Morgan fingerprint density at radius 2 is 2.12 bits per heavy atom. The van der Waals surface area contributed by atoms with Gasteiger partial charge in [0.05, 0.1) is 0 Å². The van der Waals surface area contributed by atoms with Gasteiger partial charge in [-0.05, 0) is 31.2 Å². The molecule has 16 heavy (non-hydrogen) atoms. The number of hydrogen-bond acceptors (Lipinski definition) is 2. The summed E-state index contributed by atoms with van der Waals surface area (Å²) in [4.78, 5) is 13.8. The van der Waals surface area contributed by atoms with E-state index in [9.17, 15) is 9.18 Å². The van der Waals surface area contributed by atoms with Crippen LogP contribution in [-0.4, -0.2) is 36.5 Å². The second-order valence-electron chi connectivity index (χ2n) is 4.11. The average molecular weight is 222 g/mol. The molecule has 0 aromatic heterocycles. The highest BCUT2D eigenvalue weighted by molar-refractivity contribution is 5.94. The lowest BCUT2D eigenvalue weighted by Gasteiger charge is -2.31. The number of hydrogen-bond donors (Lipinski definition) is 1. The number of carbonyl (C=O) groups excluding carboxylic acids is 1. The Kier molecular flexibility index (Phi) is 3.19. The number of rotatable bonds is 1. The third-order valence-electron chi connectivity index (χ3n) is 2.75. The molecule has 1 saturated heterocycles. The van der Waals surface area contributed by atoms with E-state index in [1.165, 1.54) is 24.3 Å². The van der Waals surface area contributed by atoms with Crippen LogP contribution >= 0.6 is 0 Å². The van der Waals surface area contributed by atoms with Gasteiger partial charge in [0.1, 0.15) is 5.82 Å². The fourth-order valence-corrected chi connectivity index (χ4v) is 1.89. The number of carbonyl (C=O) groups is 1. The Hall–Kier alpha value is -1.42. The summed E-state index contributed by atoms with van der Waals surface area (Å²) in [5.41, 5.74) is 0.551. The number of nitrogens with zero attached hydrogens (tertiary/aromatic N) is 1. The van der Waals surface area contributed by atoms with Crippen LogP contribution in [0.3, 0.4) is 0 Å². The van der Waals surface area contributed by atoms with Gasteiger partial charge in [0.15, 0.2) is 0 Å². The topological polar surface area (TPSA) is 32.3 Å². The van der Waals surface area contributed by atoms with Crippen LogP contribution in [0.4, 0.5) is 4.39 Å². The smallest absolute Gasteiger partial charge is 0.253 e. The van der Waals surface area contributed by atoms with Crippen LogP contribution in [0.2, 0.25) is 0 Å². The molecule has 1 N–H and O–H groups in total. The maximum absolute atomic E-state index is 12.7. The van der Waals surface area contributed by atoms with Gasteiger partial charge in [-0.2, -0.15) is 0 Å². The van der Waals surface area contributed by atoms with Gasteiger partial charge in [0, 0.05) is 31.2 Å². The maximum atomic E-state index is 12.7. The van der Waals surface area contributed by atoms with Gasteiger partial charge < -0.3 is 10.2 Å². The minimum Gasteiger partial charge on any atom is -0.336 e. The van der Waals surface area contributed by atoms with Crippen molar-refractivity contribution in [1.82, 2.24) is 10.2 Å². The van der Waals surface area contributed by atoms with Crippen molar-refractivity contribution >= 4 is 5.91 Å². The molecule has 3 nitrogen and oxygen atoms in total. The lowest BCUT2D eigenvalue weighted by atomic mass is 10.1. The minimum absolute atomic E-state index is 0.0200. The van der Waals surface area contributed by atoms with Crippen LogP contribution in [0, 0.1) is 5.82 Å². The number of nitrogens with one attached hydrogen (secondary N) is 1. The van der Waals surface area contributed by atoms with Crippen molar-refractivity contribution in [3.8, 4) is 0 Å². The van der Waals surface area contributed by atoms with E-state index in [0.29, 0.717) is 24.7 Å². The molecule has 1 aliphatic rings. The van der Waals surface area contributed by atoms with Crippen molar-refractivity contribution in [2.45, 2.75) is 13.0 Å². The van der Waals surface area contributed by atoms with Crippen molar-refractivity contribution in [1.29, 1.82) is 0 Å². The summed E-state index contributed by atoms with van der Waals surface area (Å²) in [5, 5.41) is 3.27. The van der Waals surface area contributed by atoms with Gasteiger partial charge in [-0.25, -0.2) is 4.39 Å². The molecule has 1 amide bonds. The van der Waals surface area contributed by atoms with Gasteiger partial charge in [-0.1, -0.05) is 0 Å². The first-order valence-electron chi connectivity index (χ1n) is 5.45. The number of piperazine rings is 1. The standard InChI is InChI=1S/C12H15FN2O/c1-9-8-15(7-6-14-9)12(16)10-2-4-11(13)5-3-10/h2-5,9,14H,6-8H2,1H3/t9-/m1/s1. The summed E-state index contributed by atoms with van der Waals surface area (Å²) in [6, 6.07) is 6.02. The van der Waals surface area contributed by atoms with Gasteiger partial charge in [-0.3, -0.25) is 4.79 Å². The predicted molar refractivity (Wildman–Crippen MR) is 59.8 cm³/mol. The first-order chi connectivity index (χ1) is 7.66. The van der Waals surface area contributed by atoms with E-state index in [4.69, 9.17) is 0 Å². The highest BCUT2D eigenvalue weighted by atomic mass is 19.1. The van der Waals surface area contributed by atoms with Crippen molar-refractivity contribution in [3.05, 3.63) is 35.6 Å². The van der Waals surface area contributed by atoms with Gasteiger partial charge in [-0.15, -0.1) is 0 Å². The molecule has 1 atom stereocenters. The Labute approximate surface area is 94.3 Å². The summed E-state index contributed by atoms with van der Waals surface area (Å²) in [6.45, 7) is 4.27. The molecular weight excluding hydrogens is 207 g/mol. The quantitative estimate of drug-likeness (QED) is 0.776. The van der Waals surface area contributed by atoms with Crippen molar-refractivity contribution in [3.63, 3.8) is 0 Å². The van der Waals surface area contributed by atoms with E-state index in [0.717, 1.165) is 6.54 Å². The molecular formula is C12H15FN2O. The second kappa shape index (κ2) is 4.61. The monoisotopic (exact) mass is 222 g/mol. The zero-order valence-corrected chi connectivity index (χ0v) is 9.24. The van der Waals surface area contributed by atoms with E-state index >= 15 is 0 Å². The van der Waals surface area contributed by atoms with Crippen molar-refractivity contribution < 1.29 is 9.18 Å². The molecule has 86 valence electrons. The minimum atomic E-state index is -0.315. The zero-order valence-electron chi connectivity index (χ0n) is 9.24. The van der Waals surface area contributed by atoms with E-state index in [1.54, 1.807) is 4.90 Å². The van der Waals surface area contributed by atoms with E-state index in [-0.39, 0.29) is 11.7 Å². The fourth-order valence-electron chi connectivity index (χ4n) is 1.89. The van der Waals surface area contributed by atoms with E-state index in [1.807, 2.05) is 6.92 Å².